The first-order valence-electron chi connectivity index (χ1n) is 4.06. The van der Waals surface area contributed by atoms with Gasteiger partial charge in [-0.25, -0.2) is 4.79 Å². The highest BCUT2D eigenvalue weighted by atomic mass is 79.9. The highest BCUT2D eigenvalue weighted by molar-refractivity contribution is 9.10. The summed E-state index contributed by atoms with van der Waals surface area (Å²) in [4.78, 5) is 11.0. The van der Waals surface area contributed by atoms with Crippen LogP contribution in [0.1, 0.15) is 21.5 Å². The third-order valence-corrected chi connectivity index (χ3v) is 3.00. The minimum absolute atomic E-state index is 0.213. The number of ether oxygens (including phenoxy) is 1. The van der Waals surface area contributed by atoms with Crippen LogP contribution >= 0.6 is 15.9 Å². The first kappa shape index (κ1) is 11.0. The molecule has 1 aromatic rings. The van der Waals surface area contributed by atoms with E-state index < -0.39 is 5.97 Å². The molecule has 0 unspecified atom stereocenters. The Labute approximate surface area is 90.8 Å². The van der Waals surface area contributed by atoms with Gasteiger partial charge in [-0.1, -0.05) is 6.07 Å². The third-order valence-electron chi connectivity index (χ3n) is 2.02. The second kappa shape index (κ2) is 4.00. The monoisotopic (exact) mass is 258 g/mol. The van der Waals surface area contributed by atoms with E-state index in [-0.39, 0.29) is 5.56 Å². The Kier molecular flexibility index (Phi) is 3.16. The SMILES string of the molecule is COc1c(Br)c(C)cc(C)c1C(=O)O. The maximum atomic E-state index is 11.0. The molecule has 0 saturated carbocycles. The van der Waals surface area contributed by atoms with E-state index in [2.05, 4.69) is 15.9 Å². The second-order valence-electron chi connectivity index (χ2n) is 3.04. The van der Waals surface area contributed by atoms with Gasteiger partial charge in [0, 0.05) is 0 Å². The van der Waals surface area contributed by atoms with Crippen molar-refractivity contribution >= 4 is 21.9 Å². The Bertz CT molecular complexity index is 385. The maximum Gasteiger partial charge on any atom is 0.339 e. The lowest BCUT2D eigenvalue weighted by molar-refractivity contribution is 0.0692. The molecule has 1 aromatic carbocycles. The summed E-state index contributed by atoms with van der Waals surface area (Å²) in [5.41, 5.74) is 1.88. The fraction of sp³-hybridized carbons (Fsp3) is 0.300. The number of methoxy groups -OCH3 is 1. The number of carboxylic acid groups (broad SMARTS) is 1. The van der Waals surface area contributed by atoms with Crippen LogP contribution in [0.3, 0.4) is 0 Å². The number of carbonyl (C=O) groups is 1. The van der Waals surface area contributed by atoms with Crippen LogP contribution in [-0.4, -0.2) is 18.2 Å². The summed E-state index contributed by atoms with van der Waals surface area (Å²) in [5.74, 6) is -0.588. The predicted octanol–water partition coefficient (Wildman–Crippen LogP) is 2.77. The van der Waals surface area contributed by atoms with E-state index in [1.165, 1.54) is 7.11 Å². The van der Waals surface area contributed by atoms with Crippen LogP contribution in [0.2, 0.25) is 0 Å². The van der Waals surface area contributed by atoms with Crippen molar-refractivity contribution in [3.8, 4) is 5.75 Å². The summed E-state index contributed by atoms with van der Waals surface area (Å²) in [6, 6.07) is 1.82. The highest BCUT2D eigenvalue weighted by Crippen LogP contribution is 2.34. The molecule has 1 N–H and O–H groups in total. The number of hydrogen-bond acceptors (Lipinski definition) is 2. The van der Waals surface area contributed by atoms with E-state index in [9.17, 15) is 4.79 Å². The molecule has 0 saturated heterocycles. The van der Waals surface area contributed by atoms with Crippen LogP contribution in [0.4, 0.5) is 0 Å². The van der Waals surface area contributed by atoms with E-state index in [0.717, 1.165) is 5.56 Å². The molecule has 0 spiro atoms. The zero-order valence-electron chi connectivity index (χ0n) is 8.22. The molecule has 0 aliphatic heterocycles. The molecule has 0 bridgehead atoms. The molecule has 0 heterocycles. The molecular weight excluding hydrogens is 248 g/mol. The van der Waals surface area contributed by atoms with Crippen LogP contribution in [0.5, 0.6) is 5.75 Å². The summed E-state index contributed by atoms with van der Waals surface area (Å²) in [5, 5.41) is 8.99. The van der Waals surface area contributed by atoms with Crippen molar-refractivity contribution in [2.75, 3.05) is 7.11 Å². The lowest BCUT2D eigenvalue weighted by atomic mass is 10.0. The molecule has 0 fully saturated rings. The number of rotatable bonds is 2. The molecule has 4 heteroatoms. The van der Waals surface area contributed by atoms with Crippen molar-refractivity contribution in [3.63, 3.8) is 0 Å². The minimum atomic E-state index is -0.972. The van der Waals surface area contributed by atoms with Gasteiger partial charge in [-0.05, 0) is 40.9 Å². The molecule has 0 amide bonds. The van der Waals surface area contributed by atoms with E-state index in [1.54, 1.807) is 6.92 Å². The zero-order chi connectivity index (χ0) is 10.9. The molecule has 1 rings (SSSR count). The lowest BCUT2D eigenvalue weighted by Gasteiger charge is -2.12. The second-order valence-corrected chi connectivity index (χ2v) is 3.83. The van der Waals surface area contributed by atoms with Crippen LogP contribution in [0.15, 0.2) is 10.5 Å². The van der Waals surface area contributed by atoms with Gasteiger partial charge in [-0.15, -0.1) is 0 Å². The highest BCUT2D eigenvalue weighted by Gasteiger charge is 2.18. The van der Waals surface area contributed by atoms with Gasteiger partial charge in [0.05, 0.1) is 11.6 Å². The van der Waals surface area contributed by atoms with E-state index >= 15 is 0 Å². The Balaban J connectivity index is 3.55. The largest absolute Gasteiger partial charge is 0.495 e. The maximum absolute atomic E-state index is 11.0. The van der Waals surface area contributed by atoms with Gasteiger partial charge >= 0.3 is 5.97 Å². The zero-order valence-corrected chi connectivity index (χ0v) is 9.81. The van der Waals surface area contributed by atoms with Gasteiger partial charge in [0.25, 0.3) is 0 Å². The molecule has 76 valence electrons. The number of hydrogen-bond donors (Lipinski definition) is 1. The van der Waals surface area contributed by atoms with Crippen molar-refractivity contribution in [2.45, 2.75) is 13.8 Å². The van der Waals surface area contributed by atoms with Gasteiger partial charge in [0.2, 0.25) is 0 Å². The van der Waals surface area contributed by atoms with Crippen LogP contribution in [-0.2, 0) is 0 Å². The molecular formula is C10H11BrO3. The molecule has 0 aromatic heterocycles. The Morgan fingerprint density at radius 3 is 2.43 bits per heavy atom. The molecule has 0 radical (unpaired) electrons. The third kappa shape index (κ3) is 1.75. The smallest absolute Gasteiger partial charge is 0.339 e. The Hall–Kier alpha value is -1.03. The van der Waals surface area contributed by atoms with Crippen LogP contribution in [0, 0.1) is 13.8 Å². The van der Waals surface area contributed by atoms with Gasteiger partial charge in [-0.3, -0.25) is 0 Å². The summed E-state index contributed by atoms with van der Waals surface area (Å²) in [6.45, 7) is 3.65. The fourth-order valence-electron chi connectivity index (χ4n) is 1.39. The van der Waals surface area contributed by atoms with Crippen molar-refractivity contribution in [1.82, 2.24) is 0 Å². The number of halogens is 1. The number of carboxylic acids is 1. The number of benzene rings is 1. The van der Waals surface area contributed by atoms with E-state index in [1.807, 2.05) is 13.0 Å². The summed E-state index contributed by atoms with van der Waals surface area (Å²) in [7, 11) is 1.46. The first-order chi connectivity index (χ1) is 6.49. The first-order valence-corrected chi connectivity index (χ1v) is 4.85. The molecule has 14 heavy (non-hydrogen) atoms. The standard InChI is InChI=1S/C10H11BrO3/c1-5-4-6(2)8(11)9(14-3)7(5)10(12)13/h4H,1-3H3,(H,12,13). The Morgan fingerprint density at radius 2 is 2.00 bits per heavy atom. The summed E-state index contributed by atoms with van der Waals surface area (Å²) in [6.07, 6.45) is 0. The Morgan fingerprint density at radius 1 is 1.43 bits per heavy atom. The van der Waals surface area contributed by atoms with E-state index in [0.29, 0.717) is 15.8 Å². The molecule has 0 atom stereocenters. The van der Waals surface area contributed by atoms with E-state index in [4.69, 9.17) is 9.84 Å². The fourth-order valence-corrected chi connectivity index (χ4v) is 1.86. The number of aromatic carboxylic acids is 1. The summed E-state index contributed by atoms with van der Waals surface area (Å²) >= 11 is 3.31. The van der Waals surface area contributed by atoms with Crippen molar-refractivity contribution < 1.29 is 14.6 Å². The molecule has 3 nitrogen and oxygen atoms in total. The molecule has 0 aliphatic carbocycles. The molecule has 0 aliphatic rings. The minimum Gasteiger partial charge on any atom is -0.495 e. The van der Waals surface area contributed by atoms with Crippen molar-refractivity contribution in [3.05, 3.63) is 27.2 Å². The van der Waals surface area contributed by atoms with Crippen molar-refractivity contribution in [1.29, 1.82) is 0 Å². The van der Waals surface area contributed by atoms with Crippen molar-refractivity contribution in [2.24, 2.45) is 0 Å². The quantitative estimate of drug-likeness (QED) is 0.888. The van der Waals surface area contributed by atoms with Crippen LogP contribution < -0.4 is 4.74 Å². The van der Waals surface area contributed by atoms with Gasteiger partial charge in [0.1, 0.15) is 11.3 Å². The van der Waals surface area contributed by atoms with Gasteiger partial charge in [0.15, 0.2) is 0 Å². The predicted molar refractivity (Wildman–Crippen MR) is 57.1 cm³/mol. The van der Waals surface area contributed by atoms with Crippen LogP contribution in [0.25, 0.3) is 0 Å². The lowest BCUT2D eigenvalue weighted by Crippen LogP contribution is -2.05. The summed E-state index contributed by atoms with van der Waals surface area (Å²) < 4.78 is 5.77. The van der Waals surface area contributed by atoms with Gasteiger partial charge < -0.3 is 9.84 Å². The number of aryl methyl sites for hydroxylation is 2. The normalized spacial score (nSPS) is 10.0. The average molecular weight is 259 g/mol. The van der Waals surface area contributed by atoms with Gasteiger partial charge in [-0.2, -0.15) is 0 Å². The topological polar surface area (TPSA) is 46.5 Å². The average Bonchev–Trinajstić information content (AvgIpc) is 2.09.